The van der Waals surface area contributed by atoms with Crippen molar-refractivity contribution in [3.8, 4) is 5.69 Å². The number of benzene rings is 2. The summed E-state index contributed by atoms with van der Waals surface area (Å²) in [5.74, 6) is 0.238. The highest BCUT2D eigenvalue weighted by molar-refractivity contribution is 6.31. The Morgan fingerprint density at radius 1 is 1.14 bits per heavy atom. The molecule has 2 aromatic heterocycles. The van der Waals surface area contributed by atoms with Gasteiger partial charge in [0.05, 0.1) is 16.7 Å². The van der Waals surface area contributed by atoms with Crippen molar-refractivity contribution in [3.05, 3.63) is 70.0 Å². The molecular formula is C22H20ClN5O. The molecule has 1 aliphatic rings. The average Bonchev–Trinajstić information content (AvgIpc) is 3.37. The van der Waals surface area contributed by atoms with Gasteiger partial charge in [0.2, 0.25) is 5.95 Å². The molecule has 0 saturated heterocycles. The number of aromatic nitrogens is 4. The largest absolute Gasteiger partial charge is 0.313 e. The van der Waals surface area contributed by atoms with Gasteiger partial charge in [0, 0.05) is 23.3 Å². The molecule has 1 aliphatic carbocycles. The summed E-state index contributed by atoms with van der Waals surface area (Å²) in [6.07, 6.45) is 2.82. The van der Waals surface area contributed by atoms with Gasteiger partial charge in [-0.1, -0.05) is 29.3 Å². The molecule has 0 atom stereocenters. The summed E-state index contributed by atoms with van der Waals surface area (Å²) in [5.41, 5.74) is 6.44. The van der Waals surface area contributed by atoms with Crippen LogP contribution >= 0.6 is 11.6 Å². The molecule has 5 rings (SSSR count). The van der Waals surface area contributed by atoms with E-state index in [1.165, 1.54) is 5.56 Å². The fraction of sp³-hybridized carbons (Fsp3) is 0.227. The van der Waals surface area contributed by atoms with Gasteiger partial charge in [0.1, 0.15) is 0 Å². The van der Waals surface area contributed by atoms with Crippen molar-refractivity contribution in [1.82, 2.24) is 19.3 Å². The summed E-state index contributed by atoms with van der Waals surface area (Å²) < 4.78 is 3.76. The van der Waals surface area contributed by atoms with Crippen molar-refractivity contribution in [2.75, 3.05) is 5.32 Å². The van der Waals surface area contributed by atoms with Crippen LogP contribution in [0.25, 0.3) is 16.7 Å². The van der Waals surface area contributed by atoms with E-state index in [-0.39, 0.29) is 5.91 Å². The molecule has 29 heavy (non-hydrogen) atoms. The average molecular weight is 406 g/mol. The Balaban J connectivity index is 1.52. The van der Waals surface area contributed by atoms with E-state index in [1.54, 1.807) is 6.07 Å². The van der Waals surface area contributed by atoms with E-state index < -0.39 is 0 Å². The number of anilines is 1. The number of carbonyl (C=O) groups is 1. The molecule has 0 fully saturated rings. The van der Waals surface area contributed by atoms with Crippen LogP contribution in [0.5, 0.6) is 0 Å². The Kier molecular flexibility index (Phi) is 4.17. The molecule has 0 bridgehead atoms. The van der Waals surface area contributed by atoms with Crippen molar-refractivity contribution in [3.63, 3.8) is 0 Å². The van der Waals surface area contributed by atoms with Crippen LogP contribution in [0.2, 0.25) is 5.02 Å². The van der Waals surface area contributed by atoms with Crippen molar-refractivity contribution >= 4 is 34.5 Å². The van der Waals surface area contributed by atoms with Gasteiger partial charge in [0.25, 0.3) is 5.91 Å². The lowest BCUT2D eigenvalue weighted by Crippen LogP contribution is -2.17. The first-order valence-corrected chi connectivity index (χ1v) is 10.0. The third-order valence-electron chi connectivity index (χ3n) is 5.49. The van der Waals surface area contributed by atoms with E-state index in [0.29, 0.717) is 16.7 Å². The quantitative estimate of drug-likeness (QED) is 0.547. The first-order valence-electron chi connectivity index (χ1n) is 9.62. The molecule has 0 radical (unpaired) electrons. The monoisotopic (exact) mass is 405 g/mol. The number of imidazole rings is 1. The van der Waals surface area contributed by atoms with Crippen LogP contribution in [0, 0.1) is 6.92 Å². The van der Waals surface area contributed by atoms with E-state index in [9.17, 15) is 4.79 Å². The molecular weight excluding hydrogens is 386 g/mol. The van der Waals surface area contributed by atoms with Gasteiger partial charge in [0.15, 0.2) is 5.69 Å². The summed E-state index contributed by atoms with van der Waals surface area (Å²) >= 11 is 6.07. The molecule has 0 unspecified atom stereocenters. The fourth-order valence-corrected chi connectivity index (χ4v) is 4.13. The third kappa shape index (κ3) is 3.00. The number of rotatable bonds is 3. The Bertz CT molecular complexity index is 1250. The van der Waals surface area contributed by atoms with E-state index >= 15 is 0 Å². The Hall–Kier alpha value is -3.12. The number of fused-ring (bicyclic) bond motifs is 2. The van der Waals surface area contributed by atoms with Crippen molar-refractivity contribution in [1.29, 1.82) is 0 Å². The first kappa shape index (κ1) is 17.9. The molecule has 146 valence electrons. The Morgan fingerprint density at radius 3 is 2.72 bits per heavy atom. The topological polar surface area (TPSA) is 64.7 Å². The predicted octanol–water partition coefficient (Wildman–Crippen LogP) is 4.46. The number of hydrogen-bond donors (Lipinski definition) is 1. The molecule has 1 amide bonds. The maximum Gasteiger partial charge on any atom is 0.278 e. The van der Waals surface area contributed by atoms with Gasteiger partial charge in [-0.15, -0.1) is 0 Å². The zero-order valence-corrected chi connectivity index (χ0v) is 17.0. The number of carbonyl (C=O) groups excluding carboxylic acids is 1. The van der Waals surface area contributed by atoms with Crippen LogP contribution in [-0.2, 0) is 19.9 Å². The lowest BCUT2D eigenvalue weighted by molar-refractivity contribution is 0.102. The van der Waals surface area contributed by atoms with Crippen LogP contribution < -0.4 is 5.32 Å². The van der Waals surface area contributed by atoms with E-state index in [2.05, 4.69) is 34.5 Å². The van der Waals surface area contributed by atoms with Crippen LogP contribution in [-0.4, -0.2) is 25.2 Å². The zero-order valence-electron chi connectivity index (χ0n) is 16.2. The molecule has 6 nitrogen and oxygen atoms in total. The second-order valence-electron chi connectivity index (χ2n) is 7.46. The van der Waals surface area contributed by atoms with Gasteiger partial charge in [-0.05, 0) is 56.5 Å². The van der Waals surface area contributed by atoms with Crippen LogP contribution in [0.4, 0.5) is 5.95 Å². The maximum absolute atomic E-state index is 13.1. The number of hydrogen-bond acceptors (Lipinski definition) is 3. The SMILES string of the molecule is Cc1ccc(-n2nc(C(=O)Nc3nc4cc(Cl)ccc4n3C)c3c2CCC3)cc1. The molecule has 7 heteroatoms. The second-order valence-corrected chi connectivity index (χ2v) is 7.89. The third-order valence-corrected chi connectivity index (χ3v) is 5.73. The summed E-state index contributed by atoms with van der Waals surface area (Å²) in [4.78, 5) is 17.6. The van der Waals surface area contributed by atoms with E-state index in [4.69, 9.17) is 11.6 Å². The van der Waals surface area contributed by atoms with Crippen LogP contribution in [0.15, 0.2) is 42.5 Å². The highest BCUT2D eigenvalue weighted by Crippen LogP contribution is 2.29. The normalized spacial score (nSPS) is 13.1. The summed E-state index contributed by atoms with van der Waals surface area (Å²) in [6.45, 7) is 2.06. The van der Waals surface area contributed by atoms with Gasteiger partial charge in [-0.2, -0.15) is 5.10 Å². The van der Waals surface area contributed by atoms with Crippen LogP contribution in [0.1, 0.15) is 33.7 Å². The number of amides is 1. The van der Waals surface area contributed by atoms with Gasteiger partial charge >= 0.3 is 0 Å². The minimum atomic E-state index is -0.237. The minimum absolute atomic E-state index is 0.237. The van der Waals surface area contributed by atoms with E-state index in [1.807, 2.05) is 40.6 Å². The summed E-state index contributed by atoms with van der Waals surface area (Å²) in [7, 11) is 1.87. The smallest absolute Gasteiger partial charge is 0.278 e. The fourth-order valence-electron chi connectivity index (χ4n) is 3.96. The summed E-state index contributed by atoms with van der Waals surface area (Å²) in [6, 6.07) is 13.7. The molecule has 2 aromatic carbocycles. The number of aryl methyl sites for hydroxylation is 2. The standard InChI is InChI=1S/C22H20ClN5O/c1-13-6-9-15(10-7-13)28-18-5-3-4-16(18)20(26-28)21(29)25-22-24-17-12-14(23)8-11-19(17)27(22)2/h6-12H,3-5H2,1-2H3,(H,24,25,29). The van der Waals surface area contributed by atoms with Crippen molar-refractivity contribution in [2.24, 2.45) is 7.05 Å². The lowest BCUT2D eigenvalue weighted by Gasteiger charge is -2.06. The summed E-state index contributed by atoms with van der Waals surface area (Å²) in [5, 5.41) is 8.22. The Labute approximate surface area is 173 Å². The molecule has 0 spiro atoms. The Morgan fingerprint density at radius 2 is 1.93 bits per heavy atom. The molecule has 0 aliphatic heterocycles. The highest BCUT2D eigenvalue weighted by Gasteiger charge is 2.27. The highest BCUT2D eigenvalue weighted by atomic mass is 35.5. The lowest BCUT2D eigenvalue weighted by atomic mass is 10.2. The van der Waals surface area contributed by atoms with Crippen molar-refractivity contribution in [2.45, 2.75) is 26.2 Å². The zero-order chi connectivity index (χ0) is 20.1. The van der Waals surface area contributed by atoms with Gasteiger partial charge in [-0.3, -0.25) is 10.1 Å². The number of nitrogens with one attached hydrogen (secondary N) is 1. The first-order chi connectivity index (χ1) is 14.0. The molecule has 4 aromatic rings. The van der Waals surface area contributed by atoms with Gasteiger partial charge < -0.3 is 4.57 Å². The van der Waals surface area contributed by atoms with Crippen LogP contribution in [0.3, 0.4) is 0 Å². The number of halogens is 1. The van der Waals surface area contributed by atoms with Crippen molar-refractivity contribution < 1.29 is 4.79 Å². The molecule has 0 saturated carbocycles. The predicted molar refractivity (Wildman–Crippen MR) is 114 cm³/mol. The van der Waals surface area contributed by atoms with Gasteiger partial charge in [-0.25, -0.2) is 9.67 Å². The number of nitrogens with zero attached hydrogens (tertiary/aromatic N) is 4. The molecule has 1 N–H and O–H groups in total. The van der Waals surface area contributed by atoms with E-state index in [0.717, 1.165) is 47.2 Å². The minimum Gasteiger partial charge on any atom is -0.313 e. The maximum atomic E-state index is 13.1. The second kappa shape index (κ2) is 6.74. The molecule has 2 heterocycles.